The molecule has 2 unspecified atom stereocenters. The minimum absolute atomic E-state index is 0.0784. The second-order valence-corrected chi connectivity index (χ2v) is 10.6. The molecule has 7 heteroatoms. The Bertz CT molecular complexity index is 1020. The molecule has 146 valence electrons. The fraction of sp³-hybridized carbons (Fsp3) is 0.333. The maximum absolute atomic E-state index is 12.5. The Morgan fingerprint density at radius 2 is 1.82 bits per heavy atom. The minimum atomic E-state index is -3.06. The fourth-order valence-electron chi connectivity index (χ4n) is 3.74. The molecule has 5 nitrogen and oxygen atoms in total. The predicted molar refractivity (Wildman–Crippen MR) is 115 cm³/mol. The van der Waals surface area contributed by atoms with Crippen molar-refractivity contribution in [3.8, 4) is 0 Å². The summed E-state index contributed by atoms with van der Waals surface area (Å²) in [5.74, 6) is 0.0748. The third kappa shape index (κ3) is 4.00. The number of thioether (sulfide) groups is 1. The number of nitrogens with zero attached hydrogens (tertiary/aromatic N) is 2. The average molecular weight is 415 g/mol. The van der Waals surface area contributed by atoms with Gasteiger partial charge in [0.15, 0.2) is 15.0 Å². The van der Waals surface area contributed by atoms with Gasteiger partial charge in [0.05, 0.1) is 17.5 Å². The summed E-state index contributed by atoms with van der Waals surface area (Å²) in [5.41, 5.74) is 3.07. The van der Waals surface area contributed by atoms with E-state index in [2.05, 4.69) is 4.99 Å². The van der Waals surface area contributed by atoms with Gasteiger partial charge >= 0.3 is 0 Å². The highest BCUT2D eigenvalue weighted by Gasteiger charge is 2.49. The number of carbonyl (C=O) groups is 1. The van der Waals surface area contributed by atoms with E-state index in [0.717, 1.165) is 16.8 Å². The van der Waals surface area contributed by atoms with E-state index >= 15 is 0 Å². The van der Waals surface area contributed by atoms with Gasteiger partial charge < -0.3 is 4.90 Å². The second-order valence-electron chi connectivity index (χ2n) is 7.23. The van der Waals surface area contributed by atoms with Gasteiger partial charge in [0.25, 0.3) is 0 Å². The quantitative estimate of drug-likeness (QED) is 0.768. The van der Waals surface area contributed by atoms with Crippen LogP contribution in [0.25, 0.3) is 0 Å². The third-order valence-electron chi connectivity index (χ3n) is 5.13. The van der Waals surface area contributed by atoms with Crippen LogP contribution in [-0.4, -0.2) is 42.3 Å². The number of carbonyl (C=O) groups excluding carboxylic acids is 1. The molecule has 0 bridgehead atoms. The standard InChI is InChI=1S/C21H22N2O3S2/c1-15-7-5-6-10-17(15)23-18-13-28(25,26)14-19(18)27-21(23)22-20(24)12-11-16-8-3-2-4-9-16/h2-10,18-19H,11-14H2,1H3. The highest BCUT2D eigenvalue weighted by Crippen LogP contribution is 2.41. The molecule has 0 radical (unpaired) electrons. The van der Waals surface area contributed by atoms with E-state index in [0.29, 0.717) is 18.0 Å². The molecule has 28 heavy (non-hydrogen) atoms. The molecule has 2 aliphatic rings. The number of aryl methyl sites for hydroxylation is 2. The lowest BCUT2D eigenvalue weighted by Crippen LogP contribution is -2.38. The van der Waals surface area contributed by atoms with Crippen LogP contribution in [-0.2, 0) is 21.1 Å². The second kappa shape index (κ2) is 7.72. The highest BCUT2D eigenvalue weighted by molar-refractivity contribution is 8.16. The van der Waals surface area contributed by atoms with Crippen LogP contribution in [0.2, 0.25) is 0 Å². The molecule has 4 rings (SSSR count). The van der Waals surface area contributed by atoms with Gasteiger partial charge in [0.1, 0.15) is 0 Å². The summed E-state index contributed by atoms with van der Waals surface area (Å²) < 4.78 is 24.3. The van der Waals surface area contributed by atoms with Crippen molar-refractivity contribution in [1.29, 1.82) is 0 Å². The zero-order valence-electron chi connectivity index (χ0n) is 15.6. The molecule has 2 aromatic carbocycles. The first kappa shape index (κ1) is 19.2. The summed E-state index contributed by atoms with van der Waals surface area (Å²) >= 11 is 1.42. The number of sulfone groups is 1. The molecule has 0 aromatic heterocycles. The molecule has 0 aliphatic carbocycles. The van der Waals surface area contributed by atoms with Crippen LogP contribution in [0.4, 0.5) is 5.69 Å². The topological polar surface area (TPSA) is 66.8 Å². The largest absolute Gasteiger partial charge is 0.315 e. The first-order valence-electron chi connectivity index (χ1n) is 9.30. The van der Waals surface area contributed by atoms with E-state index in [9.17, 15) is 13.2 Å². The van der Waals surface area contributed by atoms with Gasteiger partial charge in [-0.2, -0.15) is 4.99 Å². The molecule has 2 aromatic rings. The van der Waals surface area contributed by atoms with Crippen molar-refractivity contribution in [2.75, 3.05) is 16.4 Å². The van der Waals surface area contributed by atoms with Gasteiger partial charge in [-0.25, -0.2) is 8.42 Å². The number of anilines is 1. The number of amidine groups is 1. The molecule has 2 atom stereocenters. The molecule has 2 saturated heterocycles. The van der Waals surface area contributed by atoms with E-state index in [4.69, 9.17) is 0 Å². The third-order valence-corrected chi connectivity index (χ3v) is 8.34. The minimum Gasteiger partial charge on any atom is -0.315 e. The monoisotopic (exact) mass is 414 g/mol. The van der Waals surface area contributed by atoms with Crippen LogP contribution < -0.4 is 4.90 Å². The van der Waals surface area contributed by atoms with Crippen molar-refractivity contribution in [1.82, 2.24) is 0 Å². The lowest BCUT2D eigenvalue weighted by atomic mass is 10.1. The summed E-state index contributed by atoms with van der Waals surface area (Å²) in [7, 11) is -3.06. The van der Waals surface area contributed by atoms with Gasteiger partial charge in [0, 0.05) is 17.4 Å². The Morgan fingerprint density at radius 3 is 2.57 bits per heavy atom. The first-order chi connectivity index (χ1) is 13.4. The molecule has 0 saturated carbocycles. The van der Waals surface area contributed by atoms with E-state index in [1.54, 1.807) is 0 Å². The Balaban J connectivity index is 1.59. The van der Waals surface area contributed by atoms with Crippen LogP contribution in [0, 0.1) is 6.92 Å². The molecule has 2 aliphatic heterocycles. The summed E-state index contributed by atoms with van der Waals surface area (Å²) in [5, 5.41) is 0.544. The van der Waals surface area contributed by atoms with Crippen molar-refractivity contribution in [3.05, 3.63) is 65.7 Å². The van der Waals surface area contributed by atoms with Crippen molar-refractivity contribution < 1.29 is 13.2 Å². The number of fused-ring (bicyclic) bond motifs is 1. The lowest BCUT2D eigenvalue weighted by molar-refractivity contribution is -0.117. The highest BCUT2D eigenvalue weighted by atomic mass is 32.2. The average Bonchev–Trinajstić information content (AvgIpc) is 3.12. The molecular formula is C21H22N2O3S2. The van der Waals surface area contributed by atoms with Crippen LogP contribution in [0.3, 0.4) is 0 Å². The van der Waals surface area contributed by atoms with Crippen LogP contribution >= 0.6 is 11.8 Å². The molecular weight excluding hydrogens is 392 g/mol. The molecule has 2 fully saturated rings. The molecule has 2 heterocycles. The van der Waals surface area contributed by atoms with Gasteiger partial charge in [-0.05, 0) is 30.5 Å². The summed E-state index contributed by atoms with van der Waals surface area (Å²) in [4.78, 5) is 18.9. The van der Waals surface area contributed by atoms with Crippen molar-refractivity contribution in [2.45, 2.75) is 31.1 Å². The number of hydrogen-bond donors (Lipinski definition) is 0. The maximum atomic E-state index is 12.5. The number of rotatable bonds is 4. The lowest BCUT2D eigenvalue weighted by Gasteiger charge is -2.26. The summed E-state index contributed by atoms with van der Waals surface area (Å²) in [6.07, 6.45) is 0.982. The van der Waals surface area contributed by atoms with Crippen LogP contribution in [0.5, 0.6) is 0 Å². The summed E-state index contributed by atoms with van der Waals surface area (Å²) in [6.45, 7) is 1.99. The van der Waals surface area contributed by atoms with Gasteiger partial charge in [-0.1, -0.05) is 60.3 Å². The zero-order valence-corrected chi connectivity index (χ0v) is 17.2. The fourth-order valence-corrected chi connectivity index (χ4v) is 7.66. The van der Waals surface area contributed by atoms with Crippen LogP contribution in [0.15, 0.2) is 59.6 Å². The SMILES string of the molecule is Cc1ccccc1N1C(=NC(=O)CCc2ccccc2)SC2CS(=O)(=O)CC21. The normalized spacial score (nSPS) is 24.5. The Labute approximate surface area is 169 Å². The smallest absolute Gasteiger partial charge is 0.248 e. The predicted octanol–water partition coefficient (Wildman–Crippen LogP) is 3.23. The van der Waals surface area contributed by atoms with E-state index in [1.807, 2.05) is 66.4 Å². The van der Waals surface area contributed by atoms with Gasteiger partial charge in [-0.3, -0.25) is 4.79 Å². The number of hydrogen-bond acceptors (Lipinski definition) is 4. The summed E-state index contributed by atoms with van der Waals surface area (Å²) in [6, 6.07) is 17.5. The molecule has 1 amide bonds. The number of benzene rings is 2. The Morgan fingerprint density at radius 1 is 1.11 bits per heavy atom. The number of aliphatic imine (C=N–C) groups is 1. The van der Waals surface area contributed by atoms with Crippen LogP contribution in [0.1, 0.15) is 17.5 Å². The first-order valence-corrected chi connectivity index (χ1v) is 12.0. The Kier molecular flexibility index (Phi) is 5.29. The van der Waals surface area contributed by atoms with Crippen molar-refractivity contribution in [3.63, 3.8) is 0 Å². The zero-order chi connectivity index (χ0) is 19.7. The van der Waals surface area contributed by atoms with Crippen molar-refractivity contribution in [2.24, 2.45) is 4.99 Å². The molecule has 0 N–H and O–H groups in total. The Hall–Kier alpha value is -2.12. The van der Waals surface area contributed by atoms with Gasteiger partial charge in [0.2, 0.25) is 5.91 Å². The maximum Gasteiger partial charge on any atom is 0.248 e. The van der Waals surface area contributed by atoms with E-state index in [-0.39, 0.29) is 28.7 Å². The number of amides is 1. The molecule has 0 spiro atoms. The van der Waals surface area contributed by atoms with Gasteiger partial charge in [-0.15, -0.1) is 0 Å². The van der Waals surface area contributed by atoms with E-state index in [1.165, 1.54) is 11.8 Å². The van der Waals surface area contributed by atoms with Crippen molar-refractivity contribution >= 4 is 38.4 Å². The number of para-hydroxylation sites is 1. The van der Waals surface area contributed by atoms with E-state index < -0.39 is 9.84 Å².